The third-order valence-corrected chi connectivity index (χ3v) is 5.24. The van der Waals surface area contributed by atoms with Crippen LogP contribution in [0.5, 0.6) is 5.75 Å². The van der Waals surface area contributed by atoms with E-state index in [0.29, 0.717) is 22.5 Å². The molecule has 0 aliphatic carbocycles. The molecular weight excluding hydrogens is 406 g/mol. The van der Waals surface area contributed by atoms with Crippen molar-refractivity contribution in [1.82, 2.24) is 18.7 Å². The van der Waals surface area contributed by atoms with Gasteiger partial charge in [-0.05, 0) is 29.7 Å². The van der Waals surface area contributed by atoms with Crippen molar-refractivity contribution in [3.05, 3.63) is 86.8 Å². The van der Waals surface area contributed by atoms with Gasteiger partial charge in [-0.2, -0.15) is 5.26 Å². The van der Waals surface area contributed by atoms with E-state index in [1.807, 2.05) is 26.0 Å². The molecule has 0 atom stereocenters. The first-order valence-corrected chi connectivity index (χ1v) is 10.3. The van der Waals surface area contributed by atoms with Gasteiger partial charge in [-0.15, -0.1) is 0 Å². The summed E-state index contributed by atoms with van der Waals surface area (Å²) in [6.07, 6.45) is 1.54. The van der Waals surface area contributed by atoms with Crippen molar-refractivity contribution in [1.29, 1.82) is 5.26 Å². The minimum atomic E-state index is -0.452. The van der Waals surface area contributed by atoms with E-state index in [2.05, 4.69) is 11.1 Å². The van der Waals surface area contributed by atoms with Gasteiger partial charge in [0, 0.05) is 12.6 Å². The van der Waals surface area contributed by atoms with Crippen molar-refractivity contribution in [3.8, 4) is 17.5 Å². The fourth-order valence-electron chi connectivity index (χ4n) is 3.76. The normalized spacial score (nSPS) is 11.1. The maximum atomic E-state index is 13.4. The third kappa shape index (κ3) is 3.69. The molecule has 4 rings (SSSR count). The Balaban J connectivity index is 2.01. The van der Waals surface area contributed by atoms with Gasteiger partial charge >= 0.3 is 5.69 Å². The van der Waals surface area contributed by atoms with E-state index in [-0.39, 0.29) is 24.7 Å². The Bertz CT molecular complexity index is 1450. The molecule has 0 aliphatic heterocycles. The number of hydrogen-bond acceptors (Lipinski definition) is 5. The molecule has 8 heteroatoms. The molecule has 0 radical (unpaired) electrons. The van der Waals surface area contributed by atoms with E-state index < -0.39 is 11.2 Å². The maximum Gasteiger partial charge on any atom is 0.337 e. The van der Waals surface area contributed by atoms with Gasteiger partial charge < -0.3 is 9.30 Å². The van der Waals surface area contributed by atoms with E-state index in [0.717, 1.165) is 5.56 Å². The summed E-state index contributed by atoms with van der Waals surface area (Å²) in [6, 6.07) is 16.5. The number of benzene rings is 2. The van der Waals surface area contributed by atoms with Crippen LogP contribution in [0.3, 0.4) is 0 Å². The third-order valence-electron chi connectivity index (χ3n) is 5.24. The quantitative estimate of drug-likeness (QED) is 0.470. The number of methoxy groups -OCH3 is 1. The van der Waals surface area contributed by atoms with Crippen LogP contribution in [0.1, 0.15) is 25.0 Å². The average molecular weight is 429 g/mol. The summed E-state index contributed by atoms with van der Waals surface area (Å²) >= 11 is 0. The van der Waals surface area contributed by atoms with E-state index in [1.165, 1.54) is 15.5 Å². The molecule has 162 valence electrons. The van der Waals surface area contributed by atoms with Gasteiger partial charge in [-0.3, -0.25) is 9.36 Å². The number of aromatic nitrogens is 4. The summed E-state index contributed by atoms with van der Waals surface area (Å²) in [6.45, 7) is 4.46. The van der Waals surface area contributed by atoms with Gasteiger partial charge in [0.2, 0.25) is 0 Å². The molecule has 2 aromatic carbocycles. The molecular formula is C24H23N5O3. The van der Waals surface area contributed by atoms with Gasteiger partial charge in [0.25, 0.3) is 5.56 Å². The first kappa shape index (κ1) is 21.1. The average Bonchev–Trinajstić information content (AvgIpc) is 3.20. The summed E-state index contributed by atoms with van der Waals surface area (Å²) in [5, 5.41) is 9.44. The molecule has 0 saturated heterocycles. The fraction of sp³-hybridized carbons (Fsp3) is 0.250. The Morgan fingerprint density at radius 1 is 1.12 bits per heavy atom. The Hall–Kier alpha value is -4.12. The van der Waals surface area contributed by atoms with Crippen molar-refractivity contribution in [2.24, 2.45) is 5.92 Å². The summed E-state index contributed by atoms with van der Waals surface area (Å²) in [5.74, 6) is 0.679. The second-order valence-corrected chi connectivity index (χ2v) is 7.94. The molecule has 0 bridgehead atoms. The summed E-state index contributed by atoms with van der Waals surface area (Å²) in [5.41, 5.74) is 1.57. The first-order chi connectivity index (χ1) is 15.4. The minimum absolute atomic E-state index is 0.0901. The standard InChI is InChI=1S/C24H23N5O3/c1-16(2)13-28-23(30)21-22(29(24(28)31)19-9-6-10-20(11-19)32-3)26-15-27(21)14-18-8-5-4-7-17(18)12-25/h4-11,15-16H,13-14H2,1-3H3. The Morgan fingerprint density at radius 3 is 2.62 bits per heavy atom. The number of hydrogen-bond donors (Lipinski definition) is 0. The zero-order valence-corrected chi connectivity index (χ0v) is 18.1. The lowest BCUT2D eigenvalue weighted by Crippen LogP contribution is -2.41. The van der Waals surface area contributed by atoms with Gasteiger partial charge in [0.15, 0.2) is 11.2 Å². The van der Waals surface area contributed by atoms with Crippen LogP contribution in [0.2, 0.25) is 0 Å². The SMILES string of the molecule is COc1cccc(-n2c(=O)n(CC(C)C)c(=O)c3c2ncn3Cc2ccccc2C#N)c1. The zero-order valence-electron chi connectivity index (χ0n) is 18.1. The van der Waals surface area contributed by atoms with Crippen molar-refractivity contribution in [2.45, 2.75) is 26.9 Å². The fourth-order valence-corrected chi connectivity index (χ4v) is 3.76. The second kappa shape index (κ2) is 8.55. The summed E-state index contributed by atoms with van der Waals surface area (Å²) in [4.78, 5) is 31.3. The molecule has 32 heavy (non-hydrogen) atoms. The number of nitrogens with zero attached hydrogens (tertiary/aromatic N) is 5. The lowest BCUT2D eigenvalue weighted by Gasteiger charge is -2.14. The van der Waals surface area contributed by atoms with Crippen LogP contribution >= 0.6 is 0 Å². The number of rotatable bonds is 6. The van der Waals surface area contributed by atoms with Crippen LogP contribution in [-0.4, -0.2) is 25.8 Å². The van der Waals surface area contributed by atoms with Crippen LogP contribution < -0.4 is 16.0 Å². The van der Waals surface area contributed by atoms with Gasteiger partial charge in [-0.25, -0.2) is 14.3 Å². The summed E-state index contributed by atoms with van der Waals surface area (Å²) < 4.78 is 9.70. The van der Waals surface area contributed by atoms with Crippen LogP contribution in [0.25, 0.3) is 16.9 Å². The molecule has 0 spiro atoms. The number of ether oxygens (including phenoxy) is 1. The largest absolute Gasteiger partial charge is 0.497 e. The molecule has 0 amide bonds. The maximum absolute atomic E-state index is 13.4. The highest BCUT2D eigenvalue weighted by Gasteiger charge is 2.20. The van der Waals surface area contributed by atoms with Gasteiger partial charge in [0.1, 0.15) is 5.75 Å². The highest BCUT2D eigenvalue weighted by Crippen LogP contribution is 2.19. The zero-order chi connectivity index (χ0) is 22.8. The first-order valence-electron chi connectivity index (χ1n) is 10.3. The van der Waals surface area contributed by atoms with E-state index in [1.54, 1.807) is 48.1 Å². The highest BCUT2D eigenvalue weighted by molar-refractivity contribution is 5.72. The van der Waals surface area contributed by atoms with Crippen LogP contribution in [0, 0.1) is 17.2 Å². The van der Waals surface area contributed by atoms with Crippen LogP contribution in [0.15, 0.2) is 64.4 Å². The van der Waals surface area contributed by atoms with Crippen LogP contribution in [0.4, 0.5) is 0 Å². The summed E-state index contributed by atoms with van der Waals surface area (Å²) in [7, 11) is 1.55. The molecule has 2 heterocycles. The number of nitriles is 1. The van der Waals surface area contributed by atoms with Gasteiger partial charge in [0.05, 0.1) is 37.3 Å². The van der Waals surface area contributed by atoms with E-state index in [9.17, 15) is 14.9 Å². The molecule has 0 unspecified atom stereocenters. The lowest BCUT2D eigenvalue weighted by molar-refractivity contribution is 0.414. The molecule has 0 saturated carbocycles. The predicted molar refractivity (Wildman–Crippen MR) is 121 cm³/mol. The van der Waals surface area contributed by atoms with Gasteiger partial charge in [-0.1, -0.05) is 38.1 Å². The monoisotopic (exact) mass is 429 g/mol. The van der Waals surface area contributed by atoms with E-state index >= 15 is 0 Å². The molecule has 0 N–H and O–H groups in total. The van der Waals surface area contributed by atoms with Crippen LogP contribution in [-0.2, 0) is 13.1 Å². The highest BCUT2D eigenvalue weighted by atomic mass is 16.5. The van der Waals surface area contributed by atoms with Crippen molar-refractivity contribution >= 4 is 11.2 Å². The minimum Gasteiger partial charge on any atom is -0.497 e. The van der Waals surface area contributed by atoms with E-state index in [4.69, 9.17) is 4.74 Å². The van der Waals surface area contributed by atoms with Crippen molar-refractivity contribution < 1.29 is 4.74 Å². The van der Waals surface area contributed by atoms with Crippen molar-refractivity contribution in [2.75, 3.05) is 7.11 Å². The van der Waals surface area contributed by atoms with Crippen molar-refractivity contribution in [3.63, 3.8) is 0 Å². The lowest BCUT2D eigenvalue weighted by atomic mass is 10.1. The molecule has 0 fully saturated rings. The molecule has 0 aliphatic rings. The molecule has 2 aromatic heterocycles. The molecule has 8 nitrogen and oxygen atoms in total. The number of imidazole rings is 1. The second-order valence-electron chi connectivity index (χ2n) is 7.94. The topological polar surface area (TPSA) is 94.8 Å². The Labute approximate surface area is 184 Å². The predicted octanol–water partition coefficient (Wildman–Crippen LogP) is 2.93. The number of fused-ring (bicyclic) bond motifs is 1. The molecule has 4 aromatic rings. The smallest absolute Gasteiger partial charge is 0.337 e. The Kier molecular flexibility index (Phi) is 5.65. The Morgan fingerprint density at radius 2 is 1.91 bits per heavy atom.